The van der Waals surface area contributed by atoms with E-state index in [2.05, 4.69) is 5.32 Å². The highest BCUT2D eigenvalue weighted by atomic mass is 16.5. The molecular weight excluding hydrogens is 248 g/mol. The molecule has 1 aromatic rings. The first-order valence-corrected chi connectivity index (χ1v) is 6.07. The van der Waals surface area contributed by atoms with Gasteiger partial charge in [0.2, 0.25) is 0 Å². The van der Waals surface area contributed by atoms with Gasteiger partial charge in [0.25, 0.3) is 0 Å². The number of anilines is 1. The Balaban J connectivity index is 2.62. The van der Waals surface area contributed by atoms with Gasteiger partial charge in [0.05, 0.1) is 6.61 Å². The number of rotatable bonds is 6. The molecule has 0 saturated carbocycles. The molecule has 0 bridgehead atoms. The molecule has 19 heavy (non-hydrogen) atoms. The van der Waals surface area contributed by atoms with Crippen molar-refractivity contribution in [2.24, 2.45) is 0 Å². The van der Waals surface area contributed by atoms with Gasteiger partial charge < -0.3 is 20.1 Å². The van der Waals surface area contributed by atoms with Gasteiger partial charge in [0, 0.05) is 12.2 Å². The zero-order chi connectivity index (χ0) is 14.3. The highest BCUT2D eigenvalue weighted by Gasteiger charge is 2.14. The van der Waals surface area contributed by atoms with Gasteiger partial charge >= 0.3 is 12.0 Å². The lowest BCUT2D eigenvalue weighted by Gasteiger charge is -2.19. The van der Waals surface area contributed by atoms with Crippen LogP contribution in [-0.2, 0) is 4.79 Å². The fourth-order valence-corrected chi connectivity index (χ4v) is 1.49. The summed E-state index contributed by atoms with van der Waals surface area (Å²) in [5.74, 6) is -0.318. The molecule has 0 aliphatic rings. The van der Waals surface area contributed by atoms with Crippen LogP contribution in [0.5, 0.6) is 5.75 Å². The van der Waals surface area contributed by atoms with E-state index in [-0.39, 0.29) is 6.54 Å². The molecule has 2 N–H and O–H groups in total. The monoisotopic (exact) mass is 266 g/mol. The molecule has 0 aliphatic heterocycles. The van der Waals surface area contributed by atoms with Gasteiger partial charge in [-0.25, -0.2) is 4.79 Å². The van der Waals surface area contributed by atoms with Crippen LogP contribution in [-0.4, -0.2) is 41.7 Å². The third kappa shape index (κ3) is 4.87. The van der Waals surface area contributed by atoms with Crippen LogP contribution in [0.4, 0.5) is 10.5 Å². The molecule has 0 heterocycles. The minimum atomic E-state index is -1.04. The summed E-state index contributed by atoms with van der Waals surface area (Å²) in [5, 5.41) is 11.3. The number of urea groups is 1. The van der Waals surface area contributed by atoms with Gasteiger partial charge in [-0.3, -0.25) is 4.79 Å². The van der Waals surface area contributed by atoms with Gasteiger partial charge in [-0.15, -0.1) is 0 Å². The lowest BCUT2D eigenvalue weighted by molar-refractivity contribution is -0.137. The van der Waals surface area contributed by atoms with Crippen molar-refractivity contribution in [1.82, 2.24) is 4.90 Å². The quantitative estimate of drug-likeness (QED) is 0.825. The highest BCUT2D eigenvalue weighted by molar-refractivity contribution is 5.91. The second-order valence-corrected chi connectivity index (χ2v) is 3.80. The molecule has 0 spiro atoms. The Morgan fingerprint density at radius 2 is 1.89 bits per heavy atom. The Bertz CT molecular complexity index is 431. The Morgan fingerprint density at radius 3 is 2.37 bits per heavy atom. The number of carboxylic acids is 1. The second-order valence-electron chi connectivity index (χ2n) is 3.80. The standard InChI is InChI=1S/C13H18N2O4/c1-3-15(9-12(16)17)13(18)14-10-5-7-11(8-6-10)19-4-2/h5-8H,3-4,9H2,1-2H3,(H,14,18)(H,16,17). The molecule has 0 aliphatic carbocycles. The minimum absolute atomic E-state index is 0.320. The Hall–Kier alpha value is -2.24. The van der Waals surface area contributed by atoms with Crippen molar-refractivity contribution >= 4 is 17.7 Å². The van der Waals surface area contributed by atoms with Crippen LogP contribution in [0, 0.1) is 0 Å². The van der Waals surface area contributed by atoms with E-state index in [1.54, 1.807) is 31.2 Å². The maximum Gasteiger partial charge on any atom is 0.323 e. The zero-order valence-corrected chi connectivity index (χ0v) is 11.0. The molecule has 2 amide bonds. The van der Waals surface area contributed by atoms with Crippen molar-refractivity contribution in [1.29, 1.82) is 0 Å². The van der Waals surface area contributed by atoms with Crippen molar-refractivity contribution in [3.63, 3.8) is 0 Å². The van der Waals surface area contributed by atoms with E-state index in [9.17, 15) is 9.59 Å². The topological polar surface area (TPSA) is 78.9 Å². The summed E-state index contributed by atoms with van der Waals surface area (Å²) in [5.41, 5.74) is 0.595. The van der Waals surface area contributed by atoms with Crippen LogP contribution in [0.25, 0.3) is 0 Å². The average Bonchev–Trinajstić information content (AvgIpc) is 2.38. The van der Waals surface area contributed by atoms with Crippen LogP contribution < -0.4 is 10.1 Å². The fourth-order valence-electron chi connectivity index (χ4n) is 1.49. The number of nitrogens with one attached hydrogen (secondary N) is 1. The van der Waals surface area contributed by atoms with Crippen LogP contribution in [0.2, 0.25) is 0 Å². The number of nitrogens with zero attached hydrogens (tertiary/aromatic N) is 1. The number of likely N-dealkylation sites (N-methyl/N-ethyl adjacent to an activating group) is 1. The van der Waals surface area contributed by atoms with Gasteiger partial charge in [0.1, 0.15) is 12.3 Å². The van der Waals surface area contributed by atoms with E-state index < -0.39 is 12.0 Å². The number of aliphatic carboxylic acids is 1. The number of ether oxygens (including phenoxy) is 1. The third-order valence-corrected chi connectivity index (χ3v) is 2.41. The number of carboxylic acid groups (broad SMARTS) is 1. The van der Waals surface area contributed by atoms with Crippen molar-refractivity contribution in [3.8, 4) is 5.75 Å². The first-order chi connectivity index (χ1) is 9.06. The lowest BCUT2D eigenvalue weighted by Crippen LogP contribution is -2.38. The lowest BCUT2D eigenvalue weighted by atomic mass is 10.3. The molecule has 6 nitrogen and oxygen atoms in total. The first kappa shape index (κ1) is 14.8. The van der Waals surface area contributed by atoms with E-state index in [0.29, 0.717) is 18.8 Å². The summed E-state index contributed by atoms with van der Waals surface area (Å²) in [6, 6.07) is 6.46. The van der Waals surface area contributed by atoms with Gasteiger partial charge in [-0.05, 0) is 38.1 Å². The molecule has 0 fully saturated rings. The summed E-state index contributed by atoms with van der Waals surface area (Å²) in [7, 11) is 0. The average molecular weight is 266 g/mol. The Kier molecular flexibility index (Phi) is 5.66. The van der Waals surface area contributed by atoms with E-state index in [0.717, 1.165) is 5.75 Å². The molecule has 104 valence electrons. The van der Waals surface area contributed by atoms with E-state index in [1.807, 2.05) is 6.92 Å². The molecule has 0 aromatic heterocycles. The first-order valence-electron chi connectivity index (χ1n) is 6.07. The summed E-state index contributed by atoms with van der Waals surface area (Å²) in [4.78, 5) is 23.6. The fraction of sp³-hybridized carbons (Fsp3) is 0.385. The van der Waals surface area contributed by atoms with Crippen LogP contribution >= 0.6 is 0 Å². The van der Waals surface area contributed by atoms with Crippen molar-refractivity contribution in [3.05, 3.63) is 24.3 Å². The summed E-state index contributed by atoms with van der Waals surface area (Å²) in [6.45, 7) is 4.20. The molecule has 0 unspecified atom stereocenters. The summed E-state index contributed by atoms with van der Waals surface area (Å²) < 4.78 is 5.29. The maximum absolute atomic E-state index is 11.8. The zero-order valence-electron chi connectivity index (χ0n) is 11.0. The third-order valence-electron chi connectivity index (χ3n) is 2.41. The largest absolute Gasteiger partial charge is 0.494 e. The van der Waals surface area contributed by atoms with Crippen molar-refractivity contribution < 1.29 is 19.4 Å². The van der Waals surface area contributed by atoms with E-state index in [1.165, 1.54) is 4.90 Å². The molecule has 0 radical (unpaired) electrons. The number of hydrogen-bond acceptors (Lipinski definition) is 3. The Morgan fingerprint density at radius 1 is 1.26 bits per heavy atom. The maximum atomic E-state index is 11.8. The minimum Gasteiger partial charge on any atom is -0.494 e. The molecule has 1 rings (SSSR count). The SMILES string of the molecule is CCOc1ccc(NC(=O)N(CC)CC(=O)O)cc1. The Labute approximate surface area is 112 Å². The predicted molar refractivity (Wildman–Crippen MR) is 71.5 cm³/mol. The molecule has 1 aromatic carbocycles. The number of amides is 2. The van der Waals surface area contributed by atoms with E-state index in [4.69, 9.17) is 9.84 Å². The van der Waals surface area contributed by atoms with Crippen molar-refractivity contribution in [2.45, 2.75) is 13.8 Å². The number of hydrogen-bond donors (Lipinski definition) is 2. The summed E-state index contributed by atoms with van der Waals surface area (Å²) >= 11 is 0. The van der Waals surface area contributed by atoms with E-state index >= 15 is 0 Å². The predicted octanol–water partition coefficient (Wildman–Crippen LogP) is 2.02. The van der Waals surface area contributed by atoms with Gasteiger partial charge in [-0.2, -0.15) is 0 Å². The molecule has 0 atom stereocenters. The second kappa shape index (κ2) is 7.25. The highest BCUT2D eigenvalue weighted by Crippen LogP contribution is 2.15. The smallest absolute Gasteiger partial charge is 0.323 e. The van der Waals surface area contributed by atoms with Crippen molar-refractivity contribution in [2.75, 3.05) is 25.0 Å². The number of carbonyl (C=O) groups is 2. The van der Waals surface area contributed by atoms with Crippen LogP contribution in [0.3, 0.4) is 0 Å². The van der Waals surface area contributed by atoms with Crippen LogP contribution in [0.15, 0.2) is 24.3 Å². The van der Waals surface area contributed by atoms with Crippen LogP contribution in [0.1, 0.15) is 13.8 Å². The normalized spacial score (nSPS) is 9.79. The molecule has 0 saturated heterocycles. The molecule has 6 heteroatoms. The molecular formula is C13H18N2O4. The number of carbonyl (C=O) groups excluding carboxylic acids is 1. The van der Waals surface area contributed by atoms with Gasteiger partial charge in [-0.1, -0.05) is 0 Å². The van der Waals surface area contributed by atoms with Gasteiger partial charge in [0.15, 0.2) is 0 Å². The summed E-state index contributed by atoms with van der Waals surface area (Å²) in [6.07, 6.45) is 0. The number of benzene rings is 1.